The number of aromatic nitrogens is 3. The summed E-state index contributed by atoms with van der Waals surface area (Å²) in [5.41, 5.74) is 4.00. The van der Waals surface area contributed by atoms with E-state index in [4.69, 9.17) is 4.74 Å². The highest BCUT2D eigenvalue weighted by atomic mass is 32.2. The summed E-state index contributed by atoms with van der Waals surface area (Å²) in [6.07, 6.45) is 3.94. The highest BCUT2D eigenvalue weighted by molar-refractivity contribution is 7.99. The molecule has 3 rings (SSSR count). The van der Waals surface area contributed by atoms with Crippen LogP contribution in [0.15, 0.2) is 60.3 Å². The van der Waals surface area contributed by atoms with Crippen LogP contribution in [-0.4, -0.2) is 33.0 Å². The first-order valence-electron chi connectivity index (χ1n) is 10.8. The summed E-state index contributed by atoms with van der Waals surface area (Å²) in [7, 11) is 0. The summed E-state index contributed by atoms with van der Waals surface area (Å²) >= 11 is 1.36. The molecule has 0 unspecified atom stereocenters. The Morgan fingerprint density at radius 2 is 1.97 bits per heavy atom. The minimum atomic E-state index is -0.0769. The first-order chi connectivity index (χ1) is 15.5. The molecule has 6 nitrogen and oxygen atoms in total. The van der Waals surface area contributed by atoms with Crippen LogP contribution in [0.25, 0.3) is 11.4 Å². The predicted molar refractivity (Wildman–Crippen MR) is 131 cm³/mol. The van der Waals surface area contributed by atoms with E-state index in [2.05, 4.69) is 29.0 Å². The van der Waals surface area contributed by atoms with Crippen molar-refractivity contribution < 1.29 is 9.53 Å². The Labute approximate surface area is 194 Å². The number of unbranched alkanes of at least 4 members (excludes halogenated alkanes) is 1. The molecule has 1 heterocycles. The van der Waals surface area contributed by atoms with Gasteiger partial charge in [0.05, 0.1) is 12.4 Å². The number of aryl methyl sites for hydroxylation is 1. The molecule has 0 fully saturated rings. The van der Waals surface area contributed by atoms with Gasteiger partial charge in [0.2, 0.25) is 5.91 Å². The molecule has 3 aromatic rings. The van der Waals surface area contributed by atoms with Gasteiger partial charge in [-0.05, 0) is 61.7 Å². The van der Waals surface area contributed by atoms with Gasteiger partial charge in [0.15, 0.2) is 11.0 Å². The first kappa shape index (κ1) is 23.6. The second-order valence-corrected chi connectivity index (χ2v) is 8.46. The van der Waals surface area contributed by atoms with Crippen molar-refractivity contribution in [1.82, 2.24) is 14.8 Å². The number of carbonyl (C=O) groups excluding carboxylic acids is 1. The van der Waals surface area contributed by atoms with Crippen molar-refractivity contribution in [3.05, 3.63) is 66.2 Å². The Balaban J connectivity index is 1.68. The lowest BCUT2D eigenvalue weighted by molar-refractivity contribution is -0.113. The molecule has 2 aromatic carbocycles. The van der Waals surface area contributed by atoms with E-state index in [9.17, 15) is 4.79 Å². The molecular weight excluding hydrogens is 420 g/mol. The zero-order valence-electron chi connectivity index (χ0n) is 18.9. The molecule has 0 aliphatic heterocycles. The molecule has 1 N–H and O–H groups in total. The summed E-state index contributed by atoms with van der Waals surface area (Å²) in [4.78, 5) is 12.5. The third-order valence-electron chi connectivity index (χ3n) is 5.12. The molecule has 0 bridgehead atoms. The van der Waals surface area contributed by atoms with Crippen LogP contribution in [0.4, 0.5) is 5.69 Å². The van der Waals surface area contributed by atoms with Gasteiger partial charge >= 0.3 is 0 Å². The van der Waals surface area contributed by atoms with Crippen LogP contribution < -0.4 is 10.1 Å². The Morgan fingerprint density at radius 1 is 1.19 bits per heavy atom. The second kappa shape index (κ2) is 11.5. The van der Waals surface area contributed by atoms with Crippen LogP contribution in [0.1, 0.15) is 30.9 Å². The Morgan fingerprint density at radius 3 is 2.69 bits per heavy atom. The van der Waals surface area contributed by atoms with E-state index in [1.807, 2.05) is 60.9 Å². The molecule has 0 radical (unpaired) electrons. The van der Waals surface area contributed by atoms with E-state index >= 15 is 0 Å². The van der Waals surface area contributed by atoms with E-state index in [1.54, 1.807) is 6.08 Å². The van der Waals surface area contributed by atoms with Gasteiger partial charge in [-0.3, -0.25) is 9.36 Å². The summed E-state index contributed by atoms with van der Waals surface area (Å²) in [6, 6.07) is 13.7. The van der Waals surface area contributed by atoms with Crippen LogP contribution in [-0.2, 0) is 11.3 Å². The van der Waals surface area contributed by atoms with E-state index in [0.717, 1.165) is 46.8 Å². The first-order valence-corrected chi connectivity index (χ1v) is 11.8. The zero-order valence-corrected chi connectivity index (χ0v) is 19.7. The molecule has 0 saturated heterocycles. The van der Waals surface area contributed by atoms with Gasteiger partial charge in [0, 0.05) is 17.8 Å². The number of allylic oxidation sites excluding steroid dienone is 1. The summed E-state index contributed by atoms with van der Waals surface area (Å²) in [5, 5.41) is 12.4. The third kappa shape index (κ3) is 6.01. The van der Waals surface area contributed by atoms with Gasteiger partial charge in [-0.25, -0.2) is 0 Å². The minimum absolute atomic E-state index is 0.0769. The highest BCUT2D eigenvalue weighted by Gasteiger charge is 2.15. The van der Waals surface area contributed by atoms with Crippen LogP contribution in [0.5, 0.6) is 5.75 Å². The average Bonchev–Trinajstić information content (AvgIpc) is 3.19. The van der Waals surface area contributed by atoms with Crippen molar-refractivity contribution in [3.63, 3.8) is 0 Å². The van der Waals surface area contributed by atoms with Gasteiger partial charge in [0.25, 0.3) is 0 Å². The number of benzene rings is 2. The molecule has 7 heteroatoms. The van der Waals surface area contributed by atoms with Crippen molar-refractivity contribution in [3.8, 4) is 17.1 Å². The minimum Gasteiger partial charge on any atom is -0.494 e. The maximum Gasteiger partial charge on any atom is 0.234 e. The quantitative estimate of drug-likeness (QED) is 0.232. The van der Waals surface area contributed by atoms with Gasteiger partial charge in [-0.2, -0.15) is 0 Å². The number of rotatable bonds is 11. The number of amides is 1. The number of nitrogens with zero attached hydrogens (tertiary/aromatic N) is 3. The van der Waals surface area contributed by atoms with E-state index in [-0.39, 0.29) is 11.7 Å². The summed E-state index contributed by atoms with van der Waals surface area (Å²) < 4.78 is 7.71. The molecular formula is C25H30N4O2S. The molecule has 0 atom stereocenters. The standard InChI is InChI=1S/C25H30N4O2S/c1-5-7-16-31-21-13-11-20(12-14-21)24-27-28-25(29(24)15-6-2)32-17-23(30)26-22-10-8-9-18(3)19(22)4/h6,8-14H,2,5,7,15-17H2,1,3-4H3,(H,26,30). The number of thioether (sulfide) groups is 1. The lowest BCUT2D eigenvalue weighted by atomic mass is 10.1. The van der Waals surface area contributed by atoms with Crippen molar-refractivity contribution in [2.75, 3.05) is 17.7 Å². The predicted octanol–water partition coefficient (Wildman–Crippen LogP) is 5.66. The second-order valence-electron chi connectivity index (χ2n) is 7.52. The Kier molecular flexibility index (Phi) is 8.50. The lowest BCUT2D eigenvalue weighted by Gasteiger charge is -2.11. The molecule has 0 spiro atoms. The zero-order chi connectivity index (χ0) is 22.9. The van der Waals surface area contributed by atoms with Crippen LogP contribution in [0.3, 0.4) is 0 Å². The fourth-order valence-corrected chi connectivity index (χ4v) is 3.89. The largest absolute Gasteiger partial charge is 0.494 e. The third-order valence-corrected chi connectivity index (χ3v) is 6.09. The number of nitrogens with one attached hydrogen (secondary N) is 1. The number of hydrogen-bond acceptors (Lipinski definition) is 5. The smallest absolute Gasteiger partial charge is 0.234 e. The molecule has 0 saturated carbocycles. The highest BCUT2D eigenvalue weighted by Crippen LogP contribution is 2.26. The van der Waals surface area contributed by atoms with Crippen LogP contribution >= 0.6 is 11.8 Å². The fraction of sp³-hybridized carbons (Fsp3) is 0.320. The SMILES string of the molecule is C=CCn1c(SCC(=O)Nc2cccc(C)c2C)nnc1-c1ccc(OCCCC)cc1. The topological polar surface area (TPSA) is 69.0 Å². The normalized spacial score (nSPS) is 10.7. The monoisotopic (exact) mass is 450 g/mol. The average molecular weight is 451 g/mol. The molecule has 0 aliphatic carbocycles. The lowest BCUT2D eigenvalue weighted by Crippen LogP contribution is -2.15. The number of hydrogen-bond donors (Lipinski definition) is 1. The Hall–Kier alpha value is -3.06. The van der Waals surface area contributed by atoms with Crippen LogP contribution in [0.2, 0.25) is 0 Å². The van der Waals surface area contributed by atoms with E-state index < -0.39 is 0 Å². The maximum absolute atomic E-state index is 12.5. The van der Waals surface area contributed by atoms with Gasteiger partial charge in [-0.15, -0.1) is 16.8 Å². The van der Waals surface area contributed by atoms with E-state index in [0.29, 0.717) is 18.3 Å². The van der Waals surface area contributed by atoms with Crippen LogP contribution in [0, 0.1) is 13.8 Å². The fourth-order valence-electron chi connectivity index (χ4n) is 3.14. The van der Waals surface area contributed by atoms with Crippen molar-refractivity contribution in [1.29, 1.82) is 0 Å². The van der Waals surface area contributed by atoms with Crippen molar-refractivity contribution in [2.24, 2.45) is 0 Å². The molecule has 1 aromatic heterocycles. The van der Waals surface area contributed by atoms with Crippen molar-refractivity contribution >= 4 is 23.4 Å². The molecule has 1 amide bonds. The number of ether oxygens (including phenoxy) is 1. The number of carbonyl (C=O) groups is 1. The van der Waals surface area contributed by atoms with Gasteiger partial charge in [0.1, 0.15) is 5.75 Å². The van der Waals surface area contributed by atoms with Gasteiger partial charge < -0.3 is 10.1 Å². The van der Waals surface area contributed by atoms with Gasteiger partial charge in [-0.1, -0.05) is 43.3 Å². The van der Waals surface area contributed by atoms with Crippen molar-refractivity contribution in [2.45, 2.75) is 45.3 Å². The number of anilines is 1. The Bertz CT molecular complexity index is 1060. The summed E-state index contributed by atoms with van der Waals surface area (Å²) in [5.74, 6) is 1.75. The molecule has 0 aliphatic rings. The molecule has 168 valence electrons. The maximum atomic E-state index is 12.5. The van der Waals surface area contributed by atoms with E-state index in [1.165, 1.54) is 11.8 Å². The summed E-state index contributed by atoms with van der Waals surface area (Å²) in [6.45, 7) is 11.3. The molecule has 32 heavy (non-hydrogen) atoms.